The number of hydrogen-bond acceptors (Lipinski definition) is 4. The van der Waals surface area contributed by atoms with Crippen LogP contribution in [0, 0.1) is 11.8 Å². The number of rotatable bonds is 3. The van der Waals surface area contributed by atoms with Gasteiger partial charge in [-0.05, 0) is 30.4 Å². The summed E-state index contributed by atoms with van der Waals surface area (Å²) in [6.45, 7) is 5.56. The van der Waals surface area contributed by atoms with Crippen molar-refractivity contribution in [2.24, 2.45) is 11.8 Å². The third-order valence-electron chi connectivity index (χ3n) is 4.67. The largest absolute Gasteiger partial charge is 0.368 e. The van der Waals surface area contributed by atoms with Gasteiger partial charge in [0.25, 0.3) is 5.91 Å². The Bertz CT molecular complexity index is 504. The summed E-state index contributed by atoms with van der Waals surface area (Å²) in [5, 5.41) is 6.13. The number of aromatic nitrogens is 1. The van der Waals surface area contributed by atoms with E-state index in [-0.39, 0.29) is 5.91 Å². The molecular weight excluding hydrogens is 252 g/mol. The summed E-state index contributed by atoms with van der Waals surface area (Å²) in [4.78, 5) is 18.3. The van der Waals surface area contributed by atoms with Crippen molar-refractivity contribution < 1.29 is 4.79 Å². The molecule has 3 heterocycles. The summed E-state index contributed by atoms with van der Waals surface area (Å²) in [5.74, 6) is 1.34. The maximum absolute atomic E-state index is 11.7. The van der Waals surface area contributed by atoms with Gasteiger partial charge in [-0.3, -0.25) is 9.78 Å². The van der Waals surface area contributed by atoms with Crippen molar-refractivity contribution in [2.45, 2.75) is 19.4 Å². The summed E-state index contributed by atoms with van der Waals surface area (Å²) < 4.78 is 0. The number of nitrogens with zero attached hydrogens (tertiary/aromatic N) is 2. The lowest BCUT2D eigenvalue weighted by Crippen LogP contribution is -2.35. The van der Waals surface area contributed by atoms with Crippen LogP contribution < -0.4 is 15.5 Å². The zero-order chi connectivity index (χ0) is 14.1. The van der Waals surface area contributed by atoms with Crippen LogP contribution in [0.2, 0.25) is 0 Å². The highest BCUT2D eigenvalue weighted by Crippen LogP contribution is 2.37. The average molecular weight is 274 g/mol. The minimum absolute atomic E-state index is 0.124. The Balaban J connectivity index is 1.87. The number of pyridine rings is 1. The summed E-state index contributed by atoms with van der Waals surface area (Å²) in [7, 11) is 1.64. The highest BCUT2D eigenvalue weighted by atomic mass is 16.1. The minimum atomic E-state index is -0.124. The van der Waals surface area contributed by atoms with Crippen LogP contribution in [0.3, 0.4) is 0 Å². The maximum atomic E-state index is 11.7. The van der Waals surface area contributed by atoms with Crippen molar-refractivity contribution >= 4 is 11.6 Å². The Hall–Kier alpha value is -1.62. The van der Waals surface area contributed by atoms with Crippen molar-refractivity contribution in [1.29, 1.82) is 0 Å². The van der Waals surface area contributed by atoms with Crippen molar-refractivity contribution in [3.8, 4) is 0 Å². The maximum Gasteiger partial charge on any atom is 0.269 e. The monoisotopic (exact) mass is 274 g/mol. The molecule has 20 heavy (non-hydrogen) atoms. The Morgan fingerprint density at radius 3 is 3.15 bits per heavy atom. The first-order valence-electron chi connectivity index (χ1n) is 7.40. The van der Waals surface area contributed by atoms with E-state index in [2.05, 4.69) is 27.4 Å². The molecule has 0 radical (unpaired) electrons. The molecule has 3 atom stereocenters. The fourth-order valence-corrected chi connectivity index (χ4v) is 3.69. The predicted molar refractivity (Wildman–Crippen MR) is 78.9 cm³/mol. The van der Waals surface area contributed by atoms with Crippen LogP contribution >= 0.6 is 0 Å². The molecule has 2 aliphatic rings. The highest BCUT2D eigenvalue weighted by molar-refractivity contribution is 5.92. The van der Waals surface area contributed by atoms with Crippen molar-refractivity contribution in [2.75, 3.05) is 31.6 Å². The third-order valence-corrected chi connectivity index (χ3v) is 4.67. The first kappa shape index (κ1) is 13.4. The summed E-state index contributed by atoms with van der Waals surface area (Å²) >= 11 is 0. The Kier molecular flexibility index (Phi) is 3.61. The van der Waals surface area contributed by atoms with Gasteiger partial charge in [-0.2, -0.15) is 0 Å². The van der Waals surface area contributed by atoms with Gasteiger partial charge in [0.05, 0.1) is 0 Å². The van der Waals surface area contributed by atoms with Crippen LogP contribution in [-0.2, 0) is 0 Å². The summed E-state index contributed by atoms with van der Waals surface area (Å²) in [5.41, 5.74) is 1.62. The van der Waals surface area contributed by atoms with Crippen LogP contribution in [0.5, 0.6) is 0 Å². The topological polar surface area (TPSA) is 57.3 Å². The van der Waals surface area contributed by atoms with E-state index in [1.165, 1.54) is 0 Å². The van der Waals surface area contributed by atoms with Gasteiger partial charge in [0.1, 0.15) is 5.69 Å². The van der Waals surface area contributed by atoms with Gasteiger partial charge in [-0.15, -0.1) is 0 Å². The zero-order valence-corrected chi connectivity index (χ0v) is 12.1. The molecule has 5 heteroatoms. The Labute approximate surface area is 119 Å². The number of fused-ring (bicyclic) bond motifs is 1. The molecule has 1 amide bonds. The van der Waals surface area contributed by atoms with Gasteiger partial charge in [0, 0.05) is 44.6 Å². The van der Waals surface area contributed by atoms with E-state index >= 15 is 0 Å². The lowest BCUT2D eigenvalue weighted by Gasteiger charge is -2.29. The molecule has 0 saturated carbocycles. The van der Waals surface area contributed by atoms with Crippen LogP contribution in [0.25, 0.3) is 0 Å². The first-order valence-corrected chi connectivity index (χ1v) is 7.40. The second-order valence-electron chi connectivity index (χ2n) is 5.69. The lowest BCUT2D eigenvalue weighted by atomic mass is 9.93. The van der Waals surface area contributed by atoms with Crippen LogP contribution in [-0.4, -0.2) is 43.6 Å². The quantitative estimate of drug-likeness (QED) is 0.859. The first-order chi connectivity index (χ1) is 9.74. The van der Waals surface area contributed by atoms with Gasteiger partial charge < -0.3 is 15.5 Å². The second kappa shape index (κ2) is 5.40. The number of carbonyl (C=O) groups excluding carboxylic acids is 1. The molecule has 108 valence electrons. The third kappa shape index (κ3) is 2.16. The van der Waals surface area contributed by atoms with Crippen LogP contribution in [0.1, 0.15) is 23.8 Å². The van der Waals surface area contributed by atoms with Crippen molar-refractivity contribution in [3.05, 3.63) is 24.0 Å². The van der Waals surface area contributed by atoms with Crippen molar-refractivity contribution in [3.63, 3.8) is 0 Å². The van der Waals surface area contributed by atoms with Crippen LogP contribution in [0.15, 0.2) is 18.3 Å². The Morgan fingerprint density at radius 1 is 1.55 bits per heavy atom. The molecule has 1 aromatic heterocycles. The number of anilines is 1. The molecule has 3 unspecified atom stereocenters. The van der Waals surface area contributed by atoms with E-state index in [0.29, 0.717) is 11.7 Å². The number of carbonyl (C=O) groups is 1. The molecule has 3 rings (SSSR count). The SMILES string of the molecule is CCC1C2CNCC2CN1c1ccnc(C(=O)NC)c1. The van der Waals surface area contributed by atoms with E-state index in [1.807, 2.05) is 12.1 Å². The molecule has 0 bridgehead atoms. The molecule has 1 aromatic rings. The summed E-state index contributed by atoms with van der Waals surface area (Å²) in [6, 6.07) is 4.49. The smallest absolute Gasteiger partial charge is 0.269 e. The van der Waals surface area contributed by atoms with Gasteiger partial charge in [0.2, 0.25) is 0 Å². The number of amides is 1. The van der Waals surface area contributed by atoms with E-state index in [1.54, 1.807) is 13.2 Å². The Morgan fingerprint density at radius 2 is 2.40 bits per heavy atom. The van der Waals surface area contributed by atoms with E-state index in [4.69, 9.17) is 0 Å². The number of nitrogens with one attached hydrogen (secondary N) is 2. The van der Waals surface area contributed by atoms with Gasteiger partial charge in [0.15, 0.2) is 0 Å². The van der Waals surface area contributed by atoms with Gasteiger partial charge in [-0.25, -0.2) is 0 Å². The molecule has 2 N–H and O–H groups in total. The van der Waals surface area contributed by atoms with E-state index in [0.717, 1.165) is 43.6 Å². The zero-order valence-electron chi connectivity index (χ0n) is 12.1. The van der Waals surface area contributed by atoms with Gasteiger partial charge >= 0.3 is 0 Å². The normalized spacial score (nSPS) is 28.5. The summed E-state index contributed by atoms with van der Waals surface area (Å²) in [6.07, 6.45) is 2.87. The fourth-order valence-electron chi connectivity index (χ4n) is 3.69. The van der Waals surface area contributed by atoms with E-state index < -0.39 is 0 Å². The predicted octanol–water partition coefficient (Wildman–Crippen LogP) is 0.875. The molecule has 0 aliphatic carbocycles. The number of hydrogen-bond donors (Lipinski definition) is 2. The molecule has 2 fully saturated rings. The van der Waals surface area contributed by atoms with Crippen LogP contribution in [0.4, 0.5) is 5.69 Å². The highest BCUT2D eigenvalue weighted by Gasteiger charge is 2.43. The molecule has 2 saturated heterocycles. The molecule has 0 spiro atoms. The molecule has 0 aromatic carbocycles. The average Bonchev–Trinajstić information content (AvgIpc) is 3.06. The second-order valence-corrected chi connectivity index (χ2v) is 5.69. The molecule has 2 aliphatic heterocycles. The van der Waals surface area contributed by atoms with Gasteiger partial charge in [-0.1, -0.05) is 6.92 Å². The van der Waals surface area contributed by atoms with Crippen molar-refractivity contribution in [1.82, 2.24) is 15.6 Å². The minimum Gasteiger partial charge on any atom is -0.368 e. The fraction of sp³-hybridized carbons (Fsp3) is 0.600. The lowest BCUT2D eigenvalue weighted by molar-refractivity contribution is 0.0958. The van der Waals surface area contributed by atoms with E-state index in [9.17, 15) is 4.79 Å². The standard InChI is InChI=1S/C15H22N4O/c1-3-14-12-8-17-7-10(12)9-19(14)11-4-5-18-13(6-11)15(20)16-2/h4-6,10,12,14,17H,3,7-9H2,1-2H3,(H,16,20). The molecular formula is C15H22N4O. The molecule has 5 nitrogen and oxygen atoms in total.